The molecular weight excluding hydrogens is 1320 g/mol. The van der Waals surface area contributed by atoms with E-state index in [1.807, 2.05) is 79.7 Å². The van der Waals surface area contributed by atoms with Gasteiger partial charge in [-0.1, -0.05) is 90.0 Å². The number of hydrogen-bond donors (Lipinski definition) is 1. The number of carbonyl (C=O) groups is 1. The lowest BCUT2D eigenvalue weighted by atomic mass is 9.79. The van der Waals surface area contributed by atoms with Crippen molar-refractivity contribution in [2.45, 2.75) is 18.9 Å². The Hall–Kier alpha value is -3.58. The van der Waals surface area contributed by atoms with Crippen LogP contribution in [-0.2, 0) is 129 Å². The molecule has 0 aromatic heterocycles. The van der Waals surface area contributed by atoms with Crippen molar-refractivity contribution in [3.63, 3.8) is 0 Å². The molecule has 3 aromatic carbocycles. The monoisotopic (exact) mass is 1440 g/mol. The van der Waals surface area contributed by atoms with Gasteiger partial charge >= 0.3 is 5.97 Å². The van der Waals surface area contributed by atoms with Crippen LogP contribution < -0.4 is 5.73 Å². The summed E-state index contributed by atoms with van der Waals surface area (Å²) >= 11 is 6.78. The largest absolute Gasteiger partial charge is 0.444 e. The van der Waals surface area contributed by atoms with Crippen LogP contribution in [0.15, 0.2) is 78.9 Å². The van der Waals surface area contributed by atoms with Gasteiger partial charge in [-0.05, 0) is 13.0 Å². The molecule has 0 aliphatic carbocycles. The number of esters is 1. The van der Waals surface area contributed by atoms with Crippen LogP contribution in [0, 0.1) is 6.92 Å². The van der Waals surface area contributed by atoms with Gasteiger partial charge in [-0.25, -0.2) is 0 Å². The molecule has 0 aliphatic rings. The average Bonchev–Trinajstić information content (AvgIpc) is 0.750. The molecule has 0 amide bonds. The molecule has 0 radical (unpaired) electrons. The lowest BCUT2D eigenvalue weighted by Crippen LogP contribution is -2.36. The molecule has 570 valence electrons. The van der Waals surface area contributed by atoms with Gasteiger partial charge in [0.05, 0.1) is 324 Å². The SMILES string of the molecule is Cc1ccc(C(OC(=O)CCOCCOCCOCCOCCOCCOCCOCCOCCOCCOCCOCCOCCOCCOCCOCCOCCOCCOCCOCCOCCOCCOCCOCCOCCN)(c2ccccc2)c2ccccc2Cl)cc1. The fourth-order valence-corrected chi connectivity index (χ4v) is 8.75. The third-order valence-corrected chi connectivity index (χ3v) is 13.8. The normalized spacial score (nSPS) is 12.3. The van der Waals surface area contributed by atoms with Crippen molar-refractivity contribution in [2.24, 2.45) is 5.73 Å². The number of benzene rings is 3. The summed E-state index contributed by atoms with van der Waals surface area (Å²) in [5.41, 5.74) is 7.44. The Morgan fingerprint density at radius 2 is 0.475 bits per heavy atom. The maximum Gasteiger partial charge on any atom is 0.309 e. The molecule has 0 spiro atoms. The Labute approximate surface area is 593 Å². The summed E-state index contributed by atoms with van der Waals surface area (Å²) in [4.78, 5) is 13.5. The molecule has 99 heavy (non-hydrogen) atoms. The van der Waals surface area contributed by atoms with E-state index in [0.717, 1.165) is 16.7 Å². The maximum atomic E-state index is 13.5. The highest BCUT2D eigenvalue weighted by Gasteiger charge is 2.42. The minimum Gasteiger partial charge on any atom is -0.444 e. The van der Waals surface area contributed by atoms with Crippen LogP contribution in [0.1, 0.15) is 28.7 Å². The summed E-state index contributed by atoms with van der Waals surface area (Å²) in [7, 11) is 0. The predicted molar refractivity (Wildman–Crippen MR) is 368 cm³/mol. The van der Waals surface area contributed by atoms with Gasteiger partial charge in [0.15, 0.2) is 5.60 Å². The molecule has 0 heterocycles. The molecule has 1 atom stereocenters. The van der Waals surface area contributed by atoms with E-state index in [0.29, 0.717) is 328 Å². The van der Waals surface area contributed by atoms with Gasteiger partial charge in [0, 0.05) is 28.3 Å². The molecule has 28 heteroatoms. The standard InChI is InChI=1S/C71H118ClNO26/c1-65-11-13-67(14-12-65)71(66-7-3-2-4-8-66,68-9-5-6-10-69(68)72)99-70(74)15-17-75-19-21-77-23-25-79-27-29-81-31-33-83-35-37-85-39-41-87-43-45-89-47-49-91-51-53-93-55-57-95-59-61-97-63-64-98-62-60-96-58-56-94-54-52-92-50-48-90-46-44-88-42-40-86-38-36-84-34-32-82-30-28-80-26-24-78-22-20-76-18-16-73/h2-14H,15-64,73H2,1H3. The summed E-state index contributed by atoms with van der Waals surface area (Å²) in [5.74, 6) is -0.417. The van der Waals surface area contributed by atoms with E-state index in [4.69, 9.17) is 136 Å². The van der Waals surface area contributed by atoms with E-state index < -0.39 is 11.6 Å². The van der Waals surface area contributed by atoms with Crippen molar-refractivity contribution in [3.8, 4) is 0 Å². The summed E-state index contributed by atoms with van der Waals surface area (Å²) in [6.07, 6.45) is 0.0507. The van der Waals surface area contributed by atoms with E-state index in [1.54, 1.807) is 6.07 Å². The van der Waals surface area contributed by atoms with Crippen molar-refractivity contribution < 1.29 is 123 Å². The van der Waals surface area contributed by atoms with Crippen molar-refractivity contribution in [1.29, 1.82) is 0 Å². The molecule has 0 fully saturated rings. The zero-order valence-electron chi connectivity index (χ0n) is 58.9. The fraction of sp³-hybridized carbons (Fsp3) is 0.732. The van der Waals surface area contributed by atoms with E-state index >= 15 is 0 Å². The number of hydrogen-bond acceptors (Lipinski definition) is 27. The van der Waals surface area contributed by atoms with Gasteiger partial charge in [-0.15, -0.1) is 0 Å². The van der Waals surface area contributed by atoms with Gasteiger partial charge in [0.1, 0.15) is 0 Å². The first-order valence-electron chi connectivity index (χ1n) is 34.7. The van der Waals surface area contributed by atoms with Crippen LogP contribution in [0.25, 0.3) is 0 Å². The predicted octanol–water partition coefficient (Wildman–Crippen LogP) is 5.23. The molecular formula is C71H118ClNO26. The summed E-state index contributed by atoms with van der Waals surface area (Å²) < 4.78 is 139. The smallest absolute Gasteiger partial charge is 0.309 e. The minimum atomic E-state index is -1.25. The highest BCUT2D eigenvalue weighted by atomic mass is 35.5. The molecule has 0 aliphatic heterocycles. The quantitative estimate of drug-likeness (QED) is 0.0430. The van der Waals surface area contributed by atoms with Gasteiger partial charge < -0.3 is 124 Å². The van der Waals surface area contributed by atoms with Crippen molar-refractivity contribution in [3.05, 3.63) is 106 Å². The number of aryl methyl sites for hydroxylation is 1. The molecule has 2 N–H and O–H groups in total. The van der Waals surface area contributed by atoms with E-state index in [1.165, 1.54) is 0 Å². The van der Waals surface area contributed by atoms with Crippen molar-refractivity contribution in [1.82, 2.24) is 0 Å². The molecule has 0 saturated heterocycles. The van der Waals surface area contributed by atoms with E-state index in [9.17, 15) is 4.79 Å². The zero-order valence-corrected chi connectivity index (χ0v) is 59.7. The first-order valence-corrected chi connectivity index (χ1v) is 35.1. The summed E-state index contributed by atoms with van der Waals surface area (Å²) in [6, 6.07) is 25.0. The second kappa shape index (κ2) is 70.1. The average molecular weight is 1440 g/mol. The van der Waals surface area contributed by atoms with Crippen LogP contribution in [0.3, 0.4) is 0 Å². The Bertz CT molecular complexity index is 2170. The van der Waals surface area contributed by atoms with Gasteiger partial charge in [-0.3, -0.25) is 4.79 Å². The number of carbonyl (C=O) groups excluding carboxylic acids is 1. The minimum absolute atomic E-state index is 0.0507. The van der Waals surface area contributed by atoms with Crippen molar-refractivity contribution in [2.75, 3.05) is 324 Å². The highest BCUT2D eigenvalue weighted by molar-refractivity contribution is 6.31. The fourth-order valence-electron chi connectivity index (χ4n) is 8.48. The third-order valence-electron chi connectivity index (χ3n) is 13.4. The van der Waals surface area contributed by atoms with Crippen LogP contribution in [0.5, 0.6) is 0 Å². The third kappa shape index (κ3) is 52.9. The molecule has 27 nitrogen and oxygen atoms in total. The second-order valence-electron chi connectivity index (χ2n) is 21.1. The Balaban J connectivity index is 0.897. The number of ether oxygens (including phenoxy) is 25. The maximum absolute atomic E-state index is 13.5. The topological polar surface area (TPSA) is 274 Å². The lowest BCUT2D eigenvalue weighted by molar-refractivity contribution is -0.154. The first kappa shape index (κ1) is 89.6. The number of rotatable bonds is 78. The zero-order chi connectivity index (χ0) is 70.2. The summed E-state index contributed by atoms with van der Waals surface area (Å²) in [5, 5.41) is 0.494. The Morgan fingerprint density at radius 1 is 0.273 bits per heavy atom. The van der Waals surface area contributed by atoms with E-state index in [2.05, 4.69) is 0 Å². The second-order valence-corrected chi connectivity index (χ2v) is 21.5. The van der Waals surface area contributed by atoms with E-state index in [-0.39, 0.29) is 13.0 Å². The van der Waals surface area contributed by atoms with Gasteiger partial charge in [0.25, 0.3) is 0 Å². The molecule has 3 aromatic rings. The van der Waals surface area contributed by atoms with Crippen molar-refractivity contribution >= 4 is 17.6 Å². The Morgan fingerprint density at radius 3 is 0.707 bits per heavy atom. The molecule has 3 rings (SSSR count). The van der Waals surface area contributed by atoms with Crippen LogP contribution >= 0.6 is 11.6 Å². The van der Waals surface area contributed by atoms with Crippen LogP contribution in [0.2, 0.25) is 5.02 Å². The van der Waals surface area contributed by atoms with Crippen LogP contribution in [0.4, 0.5) is 0 Å². The number of halogens is 1. The lowest BCUT2D eigenvalue weighted by Gasteiger charge is -2.36. The molecule has 0 bridgehead atoms. The number of nitrogens with two attached hydrogens (primary N) is 1. The van der Waals surface area contributed by atoms with Gasteiger partial charge in [0.2, 0.25) is 0 Å². The Kier molecular flexibility index (Phi) is 63.5. The van der Waals surface area contributed by atoms with Crippen LogP contribution in [-0.4, -0.2) is 330 Å². The molecule has 0 saturated carbocycles. The summed E-state index contributed by atoms with van der Waals surface area (Å²) in [6.45, 7) is 25.0. The van der Waals surface area contributed by atoms with Gasteiger partial charge in [-0.2, -0.15) is 0 Å². The molecule has 1 unspecified atom stereocenters. The highest BCUT2D eigenvalue weighted by Crippen LogP contribution is 2.43. The first-order chi connectivity index (χ1) is 49.1.